The van der Waals surface area contributed by atoms with E-state index in [9.17, 15) is 43.2 Å². The third-order valence-electron chi connectivity index (χ3n) is 15.5. The van der Waals surface area contributed by atoms with Crippen LogP contribution < -0.4 is 0 Å². The molecule has 5 atom stereocenters. The Morgan fingerprint density at radius 1 is 0.302 bits per heavy atom. The number of carbonyl (C=O) groups is 4. The number of phosphoric acid groups is 2. The van der Waals surface area contributed by atoms with Gasteiger partial charge in [-0.3, -0.25) is 37.3 Å². The highest BCUT2D eigenvalue weighted by molar-refractivity contribution is 7.47. The van der Waals surface area contributed by atoms with Crippen LogP contribution in [0.15, 0.2) is 97.2 Å². The molecular formula is C77H134O17P2. The summed E-state index contributed by atoms with van der Waals surface area (Å²) in [7, 11) is -9.96. The van der Waals surface area contributed by atoms with Crippen molar-refractivity contribution >= 4 is 39.5 Å². The molecule has 96 heavy (non-hydrogen) atoms. The zero-order chi connectivity index (χ0) is 70.4. The van der Waals surface area contributed by atoms with Crippen molar-refractivity contribution in [2.75, 3.05) is 39.6 Å². The van der Waals surface area contributed by atoms with E-state index in [2.05, 4.69) is 125 Å². The fourth-order valence-corrected chi connectivity index (χ4v) is 11.3. The van der Waals surface area contributed by atoms with Crippen LogP contribution in [0, 0.1) is 0 Å². The molecule has 0 amide bonds. The molecule has 0 heterocycles. The number of allylic oxidation sites excluding steroid dienone is 16. The van der Waals surface area contributed by atoms with Gasteiger partial charge in [-0.2, -0.15) is 0 Å². The maximum atomic E-state index is 13.1. The van der Waals surface area contributed by atoms with E-state index in [-0.39, 0.29) is 25.7 Å². The number of aliphatic hydroxyl groups excluding tert-OH is 1. The summed E-state index contributed by atoms with van der Waals surface area (Å²) in [6.07, 6.45) is 71.2. The summed E-state index contributed by atoms with van der Waals surface area (Å²) in [5.41, 5.74) is 0. The lowest BCUT2D eigenvalue weighted by Gasteiger charge is -2.21. The smallest absolute Gasteiger partial charge is 0.462 e. The summed E-state index contributed by atoms with van der Waals surface area (Å²) in [6.45, 7) is 4.61. The largest absolute Gasteiger partial charge is 0.472 e. The molecule has 5 unspecified atom stereocenters. The third kappa shape index (κ3) is 68.5. The number of unbranched alkanes of at least 4 members (excludes halogenated alkanes) is 28. The van der Waals surface area contributed by atoms with E-state index in [4.69, 9.17) is 37.0 Å². The van der Waals surface area contributed by atoms with Crippen molar-refractivity contribution in [2.24, 2.45) is 0 Å². The molecule has 0 aromatic rings. The van der Waals surface area contributed by atoms with Crippen molar-refractivity contribution in [1.29, 1.82) is 0 Å². The number of ether oxygens (including phenoxy) is 4. The Morgan fingerprint density at radius 2 is 0.552 bits per heavy atom. The number of hydrogen-bond donors (Lipinski definition) is 3. The van der Waals surface area contributed by atoms with Crippen LogP contribution in [0.1, 0.15) is 310 Å². The molecule has 0 spiro atoms. The summed E-state index contributed by atoms with van der Waals surface area (Å²) in [4.78, 5) is 72.7. The van der Waals surface area contributed by atoms with Crippen molar-refractivity contribution in [3.8, 4) is 0 Å². The fraction of sp³-hybridized carbons (Fsp3) is 0.740. The van der Waals surface area contributed by atoms with Crippen LogP contribution in [0.2, 0.25) is 0 Å². The van der Waals surface area contributed by atoms with E-state index in [1.165, 1.54) is 70.6 Å². The lowest BCUT2D eigenvalue weighted by Crippen LogP contribution is -2.30. The standard InChI is InChI=1S/C77H134O17P2/c1-5-9-13-17-21-25-29-32-35-38-42-45-49-53-57-61-74(79)87-67-72(93-76(81)63-59-55-51-47-41-28-24-20-16-12-8-4)69-91-95(83,84)89-65-71(78)66-90-96(85,86)92-70-73(94-77(82)64-60-56-52-48-44-40-37-34-31-27-23-19-15-11-7-3)68-88-75(80)62-58-54-50-46-43-39-36-33-30-26-22-18-14-10-6-2/h9,13,20-22,24-26,32-37,42,45,71-73,78H,5-8,10-12,14-19,23,27-31,38-41,43-44,46-70H2,1-4H3,(H,83,84)(H,85,86)/b13-9-,24-20-,25-21-,26-22-,35-32-,36-33-,37-34-,45-42-. The molecule has 3 N–H and O–H groups in total. The van der Waals surface area contributed by atoms with Crippen LogP contribution in [-0.2, 0) is 65.4 Å². The first-order valence-corrected chi connectivity index (χ1v) is 40.5. The maximum absolute atomic E-state index is 13.1. The van der Waals surface area contributed by atoms with Gasteiger partial charge < -0.3 is 33.8 Å². The number of esters is 4. The molecule has 0 bridgehead atoms. The molecular weight excluding hydrogens is 1260 g/mol. The minimum Gasteiger partial charge on any atom is -0.462 e. The first-order valence-electron chi connectivity index (χ1n) is 37.5. The zero-order valence-electron chi connectivity index (χ0n) is 60.3. The van der Waals surface area contributed by atoms with Gasteiger partial charge in [-0.25, -0.2) is 9.13 Å². The molecule has 0 aliphatic rings. The van der Waals surface area contributed by atoms with E-state index in [1.54, 1.807) is 0 Å². The van der Waals surface area contributed by atoms with Crippen LogP contribution in [0.3, 0.4) is 0 Å². The number of aliphatic hydroxyl groups is 1. The van der Waals surface area contributed by atoms with Crippen molar-refractivity contribution in [3.63, 3.8) is 0 Å². The maximum Gasteiger partial charge on any atom is 0.472 e. The minimum absolute atomic E-state index is 0.0746. The third-order valence-corrected chi connectivity index (χ3v) is 17.4. The SMILES string of the molecule is CC/C=C\C/C=C\C/C=C\C/C=C\CCCCC(=O)OCC(COP(=O)(O)OCC(O)COP(=O)(O)OCC(COC(=O)CCCCCCC/C=C\C/C=C\CCCCC)OC(=O)CCCCCCC/C=C\CCCCCCCC)OC(=O)CCCCCCC/C=C\CCCC. The predicted molar refractivity (Wildman–Crippen MR) is 390 cm³/mol. The predicted octanol–water partition coefficient (Wildman–Crippen LogP) is 21.2. The second-order valence-electron chi connectivity index (χ2n) is 24.8. The Morgan fingerprint density at radius 3 is 0.917 bits per heavy atom. The van der Waals surface area contributed by atoms with Crippen molar-refractivity contribution in [1.82, 2.24) is 0 Å². The Labute approximate surface area is 582 Å². The molecule has 0 aromatic carbocycles. The average molecular weight is 1390 g/mol. The van der Waals surface area contributed by atoms with Crippen LogP contribution in [0.5, 0.6) is 0 Å². The minimum atomic E-state index is -4.98. The Kier molecular flexibility index (Phi) is 66.6. The van der Waals surface area contributed by atoms with E-state index < -0.39 is 97.5 Å². The van der Waals surface area contributed by atoms with E-state index in [0.29, 0.717) is 25.7 Å². The fourth-order valence-electron chi connectivity index (χ4n) is 9.75. The highest BCUT2D eigenvalue weighted by atomic mass is 31.2. The van der Waals surface area contributed by atoms with Crippen LogP contribution >= 0.6 is 15.6 Å². The number of phosphoric ester groups is 2. The number of rotatable bonds is 70. The highest BCUT2D eigenvalue weighted by Gasteiger charge is 2.30. The molecule has 0 saturated carbocycles. The molecule has 0 aliphatic heterocycles. The second-order valence-corrected chi connectivity index (χ2v) is 27.8. The summed E-state index contributed by atoms with van der Waals surface area (Å²) >= 11 is 0. The first kappa shape index (κ1) is 92.0. The molecule has 0 radical (unpaired) electrons. The van der Waals surface area contributed by atoms with Gasteiger partial charge in [0.15, 0.2) is 12.2 Å². The molecule has 0 fully saturated rings. The van der Waals surface area contributed by atoms with Gasteiger partial charge in [0.1, 0.15) is 19.3 Å². The van der Waals surface area contributed by atoms with Gasteiger partial charge in [-0.1, -0.05) is 240 Å². The van der Waals surface area contributed by atoms with Crippen molar-refractivity contribution in [3.05, 3.63) is 97.2 Å². The molecule has 17 nitrogen and oxygen atoms in total. The zero-order valence-corrected chi connectivity index (χ0v) is 62.1. The van der Waals surface area contributed by atoms with Crippen LogP contribution in [0.25, 0.3) is 0 Å². The summed E-state index contributed by atoms with van der Waals surface area (Å²) in [6, 6.07) is 0. The first-order chi connectivity index (χ1) is 46.7. The highest BCUT2D eigenvalue weighted by Crippen LogP contribution is 2.45. The van der Waals surface area contributed by atoms with Gasteiger partial charge in [0.25, 0.3) is 0 Å². The molecule has 19 heteroatoms. The van der Waals surface area contributed by atoms with Gasteiger partial charge in [0, 0.05) is 25.7 Å². The van der Waals surface area contributed by atoms with E-state index in [0.717, 1.165) is 161 Å². The topological polar surface area (TPSA) is 237 Å². The number of carbonyl (C=O) groups excluding carboxylic acids is 4. The van der Waals surface area contributed by atoms with Crippen molar-refractivity contribution < 1.29 is 80.2 Å². The summed E-state index contributed by atoms with van der Waals surface area (Å²) < 4.78 is 68.3. The van der Waals surface area contributed by atoms with Gasteiger partial charge >= 0.3 is 39.5 Å². The molecule has 554 valence electrons. The lowest BCUT2D eigenvalue weighted by molar-refractivity contribution is -0.161. The van der Waals surface area contributed by atoms with Gasteiger partial charge in [-0.15, -0.1) is 0 Å². The molecule has 0 aliphatic carbocycles. The Bertz CT molecular complexity index is 2200. The van der Waals surface area contributed by atoms with Gasteiger partial charge in [-0.05, 0) is 141 Å². The van der Waals surface area contributed by atoms with E-state index >= 15 is 0 Å². The normalized spacial score (nSPS) is 14.5. The number of hydrogen-bond acceptors (Lipinski definition) is 15. The Balaban J connectivity index is 5.37. The molecule has 0 rings (SSSR count). The summed E-state index contributed by atoms with van der Waals surface area (Å²) in [5.74, 6) is -2.25. The second kappa shape index (κ2) is 69.5. The van der Waals surface area contributed by atoms with Crippen molar-refractivity contribution in [2.45, 2.75) is 329 Å². The molecule has 0 aromatic heterocycles. The monoisotopic (exact) mass is 1390 g/mol. The van der Waals surface area contributed by atoms with Crippen LogP contribution in [0.4, 0.5) is 0 Å². The molecule has 0 saturated heterocycles. The van der Waals surface area contributed by atoms with Gasteiger partial charge in [0.05, 0.1) is 26.4 Å². The quantitative estimate of drug-likeness (QED) is 0.0169. The Hall–Kier alpha value is -4.02. The average Bonchev–Trinajstić information content (AvgIpc) is 1.11. The summed E-state index contributed by atoms with van der Waals surface area (Å²) in [5, 5.41) is 10.6. The lowest BCUT2D eigenvalue weighted by atomic mass is 10.1. The van der Waals surface area contributed by atoms with E-state index in [1.807, 2.05) is 0 Å². The van der Waals surface area contributed by atoms with Gasteiger partial charge in [0.2, 0.25) is 0 Å². The van der Waals surface area contributed by atoms with Crippen LogP contribution in [-0.4, -0.2) is 96.7 Å².